The van der Waals surface area contributed by atoms with Crippen LogP contribution in [0.4, 0.5) is 9.80 Å². The summed E-state index contributed by atoms with van der Waals surface area (Å²) in [6.45, 7) is 1.88. The summed E-state index contributed by atoms with van der Waals surface area (Å²) >= 11 is 1.43. The maximum absolute atomic E-state index is 10.9. The smallest absolute Gasteiger partial charge is 0.297 e. The van der Waals surface area contributed by atoms with Gasteiger partial charge in [-0.3, -0.25) is 10.7 Å². The number of thiazole rings is 1. The van der Waals surface area contributed by atoms with E-state index >= 15 is 0 Å². The predicted molar refractivity (Wildman–Crippen MR) is 48.1 cm³/mol. The first-order valence-corrected chi connectivity index (χ1v) is 4.20. The molecule has 0 bridgehead atoms. The molecule has 0 aliphatic carbocycles. The molecule has 2 amide bonds. The van der Waals surface area contributed by atoms with Crippen molar-refractivity contribution in [1.29, 1.82) is 0 Å². The molecular formula is C6H10N4OS. The standard InChI is InChI=1S/C6H10N4OS/c1-4-8-3-5(12-4)9-6(11)10-7-2/h3,7H,1-2H3,(H2,9,10,11). The van der Waals surface area contributed by atoms with Crippen molar-refractivity contribution in [2.45, 2.75) is 6.92 Å². The molecule has 1 aromatic rings. The number of aryl methyl sites for hydroxylation is 1. The average molecular weight is 186 g/mol. The Morgan fingerprint density at radius 3 is 2.92 bits per heavy atom. The molecule has 1 heterocycles. The van der Waals surface area contributed by atoms with Crippen LogP contribution in [-0.2, 0) is 0 Å². The van der Waals surface area contributed by atoms with Gasteiger partial charge >= 0.3 is 6.03 Å². The second-order valence-corrected chi connectivity index (χ2v) is 3.31. The van der Waals surface area contributed by atoms with Gasteiger partial charge in [0.2, 0.25) is 0 Å². The van der Waals surface area contributed by atoms with Gasteiger partial charge in [0, 0.05) is 7.05 Å². The third-order valence-corrected chi connectivity index (χ3v) is 1.92. The number of amides is 2. The minimum atomic E-state index is -0.291. The maximum atomic E-state index is 10.9. The minimum absolute atomic E-state index is 0.291. The highest BCUT2D eigenvalue weighted by Crippen LogP contribution is 2.16. The van der Waals surface area contributed by atoms with Crippen molar-refractivity contribution >= 4 is 22.4 Å². The first-order valence-electron chi connectivity index (χ1n) is 3.38. The normalized spacial score (nSPS) is 9.50. The largest absolute Gasteiger partial charge is 0.334 e. The van der Waals surface area contributed by atoms with Gasteiger partial charge < -0.3 is 0 Å². The van der Waals surface area contributed by atoms with Crippen molar-refractivity contribution in [2.24, 2.45) is 0 Å². The summed E-state index contributed by atoms with van der Waals surface area (Å²) in [4.78, 5) is 14.9. The number of carbonyl (C=O) groups excluding carboxylic acids is 1. The highest BCUT2D eigenvalue weighted by Gasteiger charge is 2.01. The van der Waals surface area contributed by atoms with E-state index in [0.717, 1.165) is 10.0 Å². The van der Waals surface area contributed by atoms with Crippen LogP contribution in [0.2, 0.25) is 0 Å². The Balaban J connectivity index is 2.46. The van der Waals surface area contributed by atoms with E-state index in [-0.39, 0.29) is 6.03 Å². The number of rotatable bonds is 2. The molecule has 0 aliphatic heterocycles. The van der Waals surface area contributed by atoms with Crippen LogP contribution in [0.1, 0.15) is 5.01 Å². The molecule has 0 fully saturated rings. The Kier molecular flexibility index (Phi) is 3.01. The van der Waals surface area contributed by atoms with E-state index in [9.17, 15) is 4.79 Å². The molecule has 0 saturated carbocycles. The third kappa shape index (κ3) is 2.48. The Labute approximate surface area is 74.2 Å². The number of anilines is 1. The Bertz CT molecular complexity index is 272. The second kappa shape index (κ2) is 4.03. The monoisotopic (exact) mass is 186 g/mol. The average Bonchev–Trinajstić information content (AvgIpc) is 2.36. The van der Waals surface area contributed by atoms with Crippen molar-refractivity contribution in [3.05, 3.63) is 11.2 Å². The van der Waals surface area contributed by atoms with Crippen molar-refractivity contribution in [3.63, 3.8) is 0 Å². The molecule has 5 nitrogen and oxygen atoms in total. The zero-order chi connectivity index (χ0) is 8.97. The summed E-state index contributed by atoms with van der Waals surface area (Å²) in [5.74, 6) is 0. The van der Waals surface area contributed by atoms with Crippen molar-refractivity contribution in [3.8, 4) is 0 Å². The lowest BCUT2D eigenvalue weighted by Gasteiger charge is -2.01. The molecule has 1 aromatic heterocycles. The second-order valence-electron chi connectivity index (χ2n) is 2.07. The Morgan fingerprint density at radius 2 is 2.42 bits per heavy atom. The van der Waals surface area contributed by atoms with Crippen LogP contribution in [-0.4, -0.2) is 18.1 Å². The van der Waals surface area contributed by atoms with E-state index in [0.29, 0.717) is 0 Å². The van der Waals surface area contributed by atoms with E-state index in [1.807, 2.05) is 6.92 Å². The number of nitrogens with one attached hydrogen (secondary N) is 3. The van der Waals surface area contributed by atoms with E-state index in [1.165, 1.54) is 11.3 Å². The molecule has 0 aromatic carbocycles. The van der Waals surface area contributed by atoms with Crippen molar-refractivity contribution in [1.82, 2.24) is 15.8 Å². The Morgan fingerprint density at radius 1 is 1.67 bits per heavy atom. The zero-order valence-electron chi connectivity index (χ0n) is 6.84. The molecule has 0 unspecified atom stereocenters. The van der Waals surface area contributed by atoms with Gasteiger partial charge in [0.25, 0.3) is 0 Å². The summed E-state index contributed by atoms with van der Waals surface area (Å²) in [6.07, 6.45) is 1.62. The van der Waals surface area contributed by atoms with Crippen LogP contribution < -0.4 is 16.2 Å². The van der Waals surface area contributed by atoms with Crippen LogP contribution in [0.3, 0.4) is 0 Å². The quantitative estimate of drug-likeness (QED) is 0.596. The van der Waals surface area contributed by atoms with Crippen molar-refractivity contribution in [2.75, 3.05) is 12.4 Å². The maximum Gasteiger partial charge on any atom is 0.334 e. The van der Waals surface area contributed by atoms with Gasteiger partial charge in [-0.1, -0.05) is 0 Å². The van der Waals surface area contributed by atoms with E-state index in [4.69, 9.17) is 0 Å². The lowest BCUT2D eigenvalue weighted by molar-refractivity contribution is 0.249. The van der Waals surface area contributed by atoms with Crippen LogP contribution in [0.5, 0.6) is 0 Å². The number of nitrogens with zero attached hydrogens (tertiary/aromatic N) is 1. The van der Waals surface area contributed by atoms with Gasteiger partial charge in [-0.2, -0.15) is 0 Å². The zero-order valence-corrected chi connectivity index (χ0v) is 7.66. The summed E-state index contributed by atoms with van der Waals surface area (Å²) in [6, 6.07) is -0.291. The SMILES string of the molecule is CNNC(=O)Nc1cnc(C)s1. The molecule has 66 valence electrons. The van der Waals surface area contributed by atoms with E-state index in [1.54, 1.807) is 13.2 Å². The Hall–Kier alpha value is -1.14. The molecule has 0 saturated heterocycles. The topological polar surface area (TPSA) is 66.0 Å². The van der Waals surface area contributed by atoms with E-state index in [2.05, 4.69) is 21.2 Å². The van der Waals surface area contributed by atoms with Crippen LogP contribution in [0.15, 0.2) is 6.20 Å². The lowest BCUT2D eigenvalue weighted by Crippen LogP contribution is -2.37. The van der Waals surface area contributed by atoms with Crippen LogP contribution in [0.25, 0.3) is 0 Å². The molecule has 0 atom stereocenters. The molecule has 6 heteroatoms. The van der Waals surface area contributed by atoms with Gasteiger partial charge in [0.15, 0.2) is 0 Å². The number of carbonyl (C=O) groups is 1. The van der Waals surface area contributed by atoms with Gasteiger partial charge in [0.05, 0.1) is 11.2 Å². The molecule has 0 spiro atoms. The molecule has 12 heavy (non-hydrogen) atoms. The van der Waals surface area contributed by atoms with Crippen LogP contribution >= 0.6 is 11.3 Å². The molecular weight excluding hydrogens is 176 g/mol. The first-order chi connectivity index (χ1) is 5.72. The van der Waals surface area contributed by atoms with Gasteiger partial charge in [0.1, 0.15) is 5.00 Å². The number of hydrazine groups is 1. The van der Waals surface area contributed by atoms with Crippen molar-refractivity contribution < 1.29 is 4.79 Å². The van der Waals surface area contributed by atoms with E-state index < -0.39 is 0 Å². The molecule has 0 aliphatic rings. The summed E-state index contributed by atoms with van der Waals surface area (Å²) in [5.41, 5.74) is 4.90. The van der Waals surface area contributed by atoms with Gasteiger partial charge in [-0.05, 0) is 6.92 Å². The number of aromatic nitrogens is 1. The first kappa shape index (κ1) is 8.95. The highest BCUT2D eigenvalue weighted by molar-refractivity contribution is 7.15. The summed E-state index contributed by atoms with van der Waals surface area (Å²) < 4.78 is 0. The lowest BCUT2D eigenvalue weighted by atomic mass is 10.8. The molecule has 0 radical (unpaired) electrons. The number of urea groups is 1. The minimum Gasteiger partial charge on any atom is -0.297 e. The van der Waals surface area contributed by atoms with Crippen LogP contribution in [0, 0.1) is 6.92 Å². The summed E-state index contributed by atoms with van der Waals surface area (Å²) in [7, 11) is 1.62. The fourth-order valence-corrected chi connectivity index (χ4v) is 1.35. The number of hydrogen-bond donors (Lipinski definition) is 3. The number of hydrogen-bond acceptors (Lipinski definition) is 4. The predicted octanol–water partition coefficient (Wildman–Crippen LogP) is 0.707. The fraction of sp³-hybridized carbons (Fsp3) is 0.333. The molecule has 3 N–H and O–H groups in total. The summed E-state index contributed by atoms with van der Waals surface area (Å²) in [5, 5.41) is 4.27. The molecule has 1 rings (SSSR count). The highest BCUT2D eigenvalue weighted by atomic mass is 32.1. The van der Waals surface area contributed by atoms with Gasteiger partial charge in [-0.15, -0.1) is 11.3 Å². The fourth-order valence-electron chi connectivity index (χ4n) is 0.676. The van der Waals surface area contributed by atoms with Gasteiger partial charge in [-0.25, -0.2) is 15.2 Å². The third-order valence-electron chi connectivity index (χ3n) is 1.10.